The number of nitrogens with zero attached hydrogens (tertiary/aromatic N) is 3. The molecule has 1 aromatic carbocycles. The van der Waals surface area contributed by atoms with Crippen molar-refractivity contribution in [2.24, 2.45) is 5.73 Å². The molecule has 1 aromatic heterocycles. The van der Waals surface area contributed by atoms with Gasteiger partial charge in [0.05, 0.1) is 4.92 Å². The molecule has 8 heteroatoms. The van der Waals surface area contributed by atoms with Crippen molar-refractivity contribution < 1.29 is 9.72 Å². The van der Waals surface area contributed by atoms with Gasteiger partial charge in [0.25, 0.3) is 5.69 Å². The zero-order valence-corrected chi connectivity index (χ0v) is 14.5. The zero-order chi connectivity index (χ0) is 18.7. The standard InChI is InChI=1S/C18H21N5O3/c1-18(19,13-5-3-2-4-6-13)17(24)22-10-9-14(12-22)21-16-8-7-15(11-20-16)23(25)26/h2-8,11,14H,9-10,12,19H2,1H3,(H,20,21). The average Bonchev–Trinajstić information content (AvgIpc) is 3.10. The lowest BCUT2D eigenvalue weighted by Gasteiger charge is -2.29. The van der Waals surface area contributed by atoms with Crippen LogP contribution in [0.1, 0.15) is 18.9 Å². The minimum Gasteiger partial charge on any atom is -0.365 e. The molecule has 8 nitrogen and oxygen atoms in total. The van der Waals surface area contributed by atoms with Gasteiger partial charge in [0.2, 0.25) is 5.91 Å². The first-order chi connectivity index (χ1) is 12.4. The summed E-state index contributed by atoms with van der Waals surface area (Å²) in [4.78, 5) is 28.8. The van der Waals surface area contributed by atoms with Gasteiger partial charge in [0.15, 0.2) is 0 Å². The van der Waals surface area contributed by atoms with E-state index in [2.05, 4.69) is 10.3 Å². The second kappa shape index (κ2) is 7.09. The zero-order valence-electron chi connectivity index (χ0n) is 14.5. The fourth-order valence-electron chi connectivity index (χ4n) is 3.09. The number of rotatable bonds is 5. The fraction of sp³-hybridized carbons (Fsp3) is 0.333. The van der Waals surface area contributed by atoms with Crippen molar-refractivity contribution in [2.45, 2.75) is 24.9 Å². The number of likely N-dealkylation sites (tertiary alicyclic amines) is 1. The Kier molecular flexibility index (Phi) is 4.85. The summed E-state index contributed by atoms with van der Waals surface area (Å²) in [5.41, 5.74) is 5.96. The van der Waals surface area contributed by atoms with Crippen molar-refractivity contribution in [1.82, 2.24) is 9.88 Å². The van der Waals surface area contributed by atoms with Crippen molar-refractivity contribution in [3.63, 3.8) is 0 Å². The second-order valence-corrected chi connectivity index (χ2v) is 6.61. The van der Waals surface area contributed by atoms with Crippen molar-refractivity contribution >= 4 is 17.4 Å². The quantitative estimate of drug-likeness (QED) is 0.625. The molecule has 2 atom stereocenters. The molecule has 1 amide bonds. The Morgan fingerprint density at radius 3 is 2.69 bits per heavy atom. The van der Waals surface area contributed by atoms with E-state index in [1.807, 2.05) is 30.3 Å². The monoisotopic (exact) mass is 355 g/mol. The Morgan fingerprint density at radius 1 is 1.35 bits per heavy atom. The molecule has 2 heterocycles. The Bertz CT molecular complexity index is 792. The summed E-state index contributed by atoms with van der Waals surface area (Å²) in [6, 6.07) is 12.3. The van der Waals surface area contributed by atoms with E-state index in [-0.39, 0.29) is 17.6 Å². The van der Waals surface area contributed by atoms with Crippen LogP contribution >= 0.6 is 0 Å². The van der Waals surface area contributed by atoms with Gasteiger partial charge in [-0.1, -0.05) is 30.3 Å². The highest BCUT2D eigenvalue weighted by atomic mass is 16.6. The number of aromatic nitrogens is 1. The Morgan fingerprint density at radius 2 is 2.08 bits per heavy atom. The number of pyridine rings is 1. The van der Waals surface area contributed by atoms with Gasteiger partial charge in [-0.25, -0.2) is 4.98 Å². The van der Waals surface area contributed by atoms with Gasteiger partial charge in [-0.05, 0) is 25.0 Å². The second-order valence-electron chi connectivity index (χ2n) is 6.61. The van der Waals surface area contributed by atoms with Crippen LogP contribution < -0.4 is 11.1 Å². The molecular weight excluding hydrogens is 334 g/mol. The molecule has 1 saturated heterocycles. The lowest BCUT2D eigenvalue weighted by molar-refractivity contribution is -0.385. The summed E-state index contributed by atoms with van der Waals surface area (Å²) in [6.07, 6.45) is 1.97. The van der Waals surface area contributed by atoms with Crippen molar-refractivity contribution in [1.29, 1.82) is 0 Å². The number of hydrogen-bond donors (Lipinski definition) is 2. The van der Waals surface area contributed by atoms with Crippen LogP contribution in [0.3, 0.4) is 0 Å². The summed E-state index contributed by atoms with van der Waals surface area (Å²) in [5.74, 6) is 0.429. The number of nitro groups is 1. The van der Waals surface area contributed by atoms with Crippen molar-refractivity contribution in [3.05, 3.63) is 64.3 Å². The molecule has 0 bridgehead atoms. The largest absolute Gasteiger partial charge is 0.365 e. The van der Waals surface area contributed by atoms with Gasteiger partial charge in [0.1, 0.15) is 17.6 Å². The smallest absolute Gasteiger partial charge is 0.287 e. The third kappa shape index (κ3) is 3.65. The van der Waals surface area contributed by atoms with Gasteiger partial charge in [-0.3, -0.25) is 14.9 Å². The van der Waals surface area contributed by atoms with E-state index in [1.54, 1.807) is 17.9 Å². The molecule has 0 saturated carbocycles. The van der Waals surface area contributed by atoms with E-state index in [4.69, 9.17) is 5.73 Å². The van der Waals surface area contributed by atoms with Gasteiger partial charge < -0.3 is 16.0 Å². The number of carbonyl (C=O) groups excluding carboxylic acids is 1. The fourth-order valence-corrected chi connectivity index (χ4v) is 3.09. The molecule has 0 radical (unpaired) electrons. The molecule has 1 fully saturated rings. The van der Waals surface area contributed by atoms with Crippen LogP contribution in [0, 0.1) is 10.1 Å². The van der Waals surface area contributed by atoms with Crippen molar-refractivity contribution in [2.75, 3.05) is 18.4 Å². The minimum atomic E-state index is -1.08. The summed E-state index contributed by atoms with van der Waals surface area (Å²) >= 11 is 0. The topological polar surface area (TPSA) is 114 Å². The van der Waals surface area contributed by atoms with Crippen LogP contribution in [0.15, 0.2) is 48.7 Å². The third-order valence-corrected chi connectivity index (χ3v) is 4.60. The molecule has 2 unspecified atom stereocenters. The first-order valence-electron chi connectivity index (χ1n) is 8.38. The summed E-state index contributed by atoms with van der Waals surface area (Å²) < 4.78 is 0. The summed E-state index contributed by atoms with van der Waals surface area (Å²) in [7, 11) is 0. The summed E-state index contributed by atoms with van der Waals surface area (Å²) in [6.45, 7) is 2.84. The molecule has 26 heavy (non-hydrogen) atoms. The van der Waals surface area contributed by atoms with E-state index in [0.29, 0.717) is 18.9 Å². The van der Waals surface area contributed by atoms with Crippen molar-refractivity contribution in [3.8, 4) is 0 Å². The highest BCUT2D eigenvalue weighted by molar-refractivity contribution is 5.87. The number of carbonyl (C=O) groups is 1. The van der Waals surface area contributed by atoms with E-state index in [9.17, 15) is 14.9 Å². The Hall–Kier alpha value is -3.00. The number of hydrogen-bond acceptors (Lipinski definition) is 6. The van der Waals surface area contributed by atoms with Crippen LogP contribution in [0.5, 0.6) is 0 Å². The number of nitrogens with two attached hydrogens (primary N) is 1. The lowest BCUT2D eigenvalue weighted by atomic mass is 9.92. The van der Waals surface area contributed by atoms with Crippen LogP contribution in [0.25, 0.3) is 0 Å². The highest BCUT2D eigenvalue weighted by Crippen LogP contribution is 2.24. The van der Waals surface area contributed by atoms with Gasteiger partial charge >= 0.3 is 0 Å². The maximum Gasteiger partial charge on any atom is 0.287 e. The SMILES string of the molecule is CC(N)(C(=O)N1CCC(Nc2ccc([N+](=O)[O-])cn2)C1)c1ccccc1. The van der Waals surface area contributed by atoms with Gasteiger partial charge in [-0.2, -0.15) is 0 Å². The summed E-state index contributed by atoms with van der Waals surface area (Å²) in [5, 5.41) is 13.9. The van der Waals surface area contributed by atoms with Gasteiger partial charge in [-0.15, -0.1) is 0 Å². The number of benzene rings is 1. The predicted molar refractivity (Wildman–Crippen MR) is 97.5 cm³/mol. The maximum atomic E-state index is 12.9. The first kappa shape index (κ1) is 17.8. The van der Waals surface area contributed by atoms with Crippen LogP contribution in [0.2, 0.25) is 0 Å². The predicted octanol–water partition coefficient (Wildman–Crippen LogP) is 1.88. The molecule has 0 spiro atoms. The number of anilines is 1. The number of amides is 1. The molecule has 2 aromatic rings. The van der Waals surface area contributed by atoms with E-state index >= 15 is 0 Å². The third-order valence-electron chi connectivity index (χ3n) is 4.60. The molecule has 136 valence electrons. The molecule has 1 aliphatic heterocycles. The van der Waals surface area contributed by atoms with Gasteiger partial charge in [0, 0.05) is 25.2 Å². The van der Waals surface area contributed by atoms with E-state index in [1.165, 1.54) is 12.3 Å². The Labute approximate surface area is 151 Å². The van der Waals surface area contributed by atoms with E-state index < -0.39 is 10.5 Å². The van der Waals surface area contributed by atoms with E-state index in [0.717, 1.165) is 12.0 Å². The molecule has 3 N–H and O–H groups in total. The first-order valence-corrected chi connectivity index (χ1v) is 8.38. The average molecular weight is 355 g/mol. The molecule has 0 aliphatic carbocycles. The molecule has 1 aliphatic rings. The molecular formula is C18H21N5O3. The normalized spacial score (nSPS) is 19.0. The molecule has 3 rings (SSSR count). The Balaban J connectivity index is 1.63. The highest BCUT2D eigenvalue weighted by Gasteiger charge is 2.37. The van der Waals surface area contributed by atoms with Crippen LogP contribution in [-0.4, -0.2) is 39.8 Å². The maximum absolute atomic E-state index is 12.9. The van der Waals surface area contributed by atoms with Crippen LogP contribution in [-0.2, 0) is 10.3 Å². The lowest BCUT2D eigenvalue weighted by Crippen LogP contribution is -2.50. The number of nitrogens with one attached hydrogen (secondary N) is 1. The van der Waals surface area contributed by atoms with Crippen LogP contribution in [0.4, 0.5) is 11.5 Å². The minimum absolute atomic E-state index is 0.0273.